The van der Waals surface area contributed by atoms with E-state index in [1.54, 1.807) is 5.57 Å². The van der Waals surface area contributed by atoms with Crippen LogP contribution < -0.4 is 0 Å². The summed E-state index contributed by atoms with van der Waals surface area (Å²) in [5, 5.41) is 18.0. The first-order valence-electron chi connectivity index (χ1n) is 9.44. The minimum absolute atomic E-state index is 0.0648. The summed E-state index contributed by atoms with van der Waals surface area (Å²) in [5.74, 6) is 2.33. The molecule has 1 aromatic rings. The Morgan fingerprint density at radius 1 is 1.17 bits per heavy atom. The van der Waals surface area contributed by atoms with Gasteiger partial charge in [0.2, 0.25) is 0 Å². The van der Waals surface area contributed by atoms with Gasteiger partial charge in [0, 0.05) is 0 Å². The number of fused-ring (bicyclic) bond motifs is 6. The summed E-state index contributed by atoms with van der Waals surface area (Å²) in [4.78, 5) is 0. The average molecular weight is 312 g/mol. The Morgan fingerprint density at radius 2 is 2.04 bits per heavy atom. The van der Waals surface area contributed by atoms with E-state index in [-0.39, 0.29) is 11.5 Å². The van der Waals surface area contributed by atoms with Crippen LogP contribution in [-0.2, 0) is 6.42 Å². The van der Waals surface area contributed by atoms with Crippen molar-refractivity contribution in [1.82, 2.24) is 10.2 Å². The maximum absolute atomic E-state index is 10.5. The van der Waals surface area contributed by atoms with Crippen molar-refractivity contribution in [1.29, 1.82) is 0 Å². The number of allylic oxidation sites excluding steroid dienone is 1. The monoisotopic (exact) mass is 312 g/mol. The van der Waals surface area contributed by atoms with Crippen molar-refractivity contribution in [2.24, 2.45) is 28.6 Å². The topological polar surface area (TPSA) is 48.9 Å². The van der Waals surface area contributed by atoms with Crippen molar-refractivity contribution in [2.75, 3.05) is 0 Å². The zero-order chi connectivity index (χ0) is 15.8. The van der Waals surface area contributed by atoms with Gasteiger partial charge in [-0.2, -0.15) is 5.10 Å². The van der Waals surface area contributed by atoms with Gasteiger partial charge < -0.3 is 5.11 Å². The van der Waals surface area contributed by atoms with E-state index in [2.05, 4.69) is 30.1 Å². The molecule has 0 amide bonds. The number of aromatic amines is 1. The van der Waals surface area contributed by atoms with Gasteiger partial charge in [-0.25, -0.2) is 0 Å². The summed E-state index contributed by atoms with van der Waals surface area (Å²) in [6.45, 7) is 4.88. The predicted molar refractivity (Wildman–Crippen MR) is 90.7 cm³/mol. The second kappa shape index (κ2) is 4.50. The predicted octanol–water partition coefficient (Wildman–Crippen LogP) is 3.95. The molecular weight excluding hydrogens is 284 g/mol. The lowest BCUT2D eigenvalue weighted by Gasteiger charge is -2.57. The van der Waals surface area contributed by atoms with Crippen LogP contribution in [0.5, 0.6) is 0 Å². The van der Waals surface area contributed by atoms with Crippen LogP contribution in [0.15, 0.2) is 11.8 Å². The second-order valence-corrected chi connectivity index (χ2v) is 9.13. The smallest absolute Gasteiger partial charge is 0.0609 e. The fourth-order valence-corrected chi connectivity index (χ4v) is 6.94. The SMILES string of the molecule is CC12Cc3cn[nH]c3C=C1CCC1C2CCC2(C)C(O)CCC12. The minimum Gasteiger partial charge on any atom is -0.393 e. The maximum atomic E-state index is 10.5. The van der Waals surface area contributed by atoms with E-state index < -0.39 is 0 Å². The van der Waals surface area contributed by atoms with Crippen LogP contribution in [0.25, 0.3) is 6.08 Å². The minimum atomic E-state index is -0.0648. The average Bonchev–Trinajstić information content (AvgIpc) is 3.08. The second-order valence-electron chi connectivity index (χ2n) is 9.13. The lowest BCUT2D eigenvalue weighted by molar-refractivity contribution is -0.0703. The zero-order valence-corrected chi connectivity index (χ0v) is 14.3. The standard InChI is InChI=1S/C20H28N2O/c1-19-8-7-16-14(15(19)5-6-18(19)23)4-3-13-9-17-12(11-21-22-17)10-20(13,16)2/h9,11,14-16,18,23H,3-8,10H2,1-2H3,(H,21,22). The largest absolute Gasteiger partial charge is 0.393 e. The Morgan fingerprint density at radius 3 is 2.91 bits per heavy atom. The van der Waals surface area contributed by atoms with E-state index in [9.17, 15) is 5.11 Å². The molecule has 4 aliphatic rings. The Kier molecular flexibility index (Phi) is 2.79. The van der Waals surface area contributed by atoms with Gasteiger partial charge in [0.05, 0.1) is 18.0 Å². The van der Waals surface area contributed by atoms with Gasteiger partial charge in [0.1, 0.15) is 0 Å². The first kappa shape index (κ1) is 14.3. The van der Waals surface area contributed by atoms with Crippen LogP contribution in [0.1, 0.15) is 63.6 Å². The Labute approximate surface area is 138 Å². The number of aliphatic hydroxyl groups excluding tert-OH is 1. The quantitative estimate of drug-likeness (QED) is 0.762. The van der Waals surface area contributed by atoms with Crippen LogP contribution in [0, 0.1) is 28.6 Å². The molecule has 3 saturated carbocycles. The molecular formula is C20H28N2O. The molecule has 3 heteroatoms. The van der Waals surface area contributed by atoms with Crippen LogP contribution in [0.3, 0.4) is 0 Å². The number of hydrogen-bond donors (Lipinski definition) is 2. The number of aromatic nitrogens is 2. The highest BCUT2D eigenvalue weighted by Gasteiger charge is 2.58. The van der Waals surface area contributed by atoms with Gasteiger partial charge in [-0.3, -0.25) is 5.10 Å². The molecule has 0 aromatic carbocycles. The van der Waals surface area contributed by atoms with Crippen LogP contribution in [0.4, 0.5) is 0 Å². The Balaban J connectivity index is 1.53. The molecule has 1 aromatic heterocycles. The van der Waals surface area contributed by atoms with E-state index in [1.807, 2.05) is 6.20 Å². The molecule has 6 atom stereocenters. The normalized spacial score (nSPS) is 48.0. The fourth-order valence-electron chi connectivity index (χ4n) is 6.94. The van der Waals surface area contributed by atoms with Gasteiger partial charge in [-0.05, 0) is 85.2 Å². The summed E-state index contributed by atoms with van der Waals surface area (Å²) in [7, 11) is 0. The van der Waals surface area contributed by atoms with Gasteiger partial charge in [0.25, 0.3) is 0 Å². The summed E-state index contributed by atoms with van der Waals surface area (Å²) in [6, 6.07) is 0. The highest BCUT2D eigenvalue weighted by Crippen LogP contribution is 2.65. The molecule has 5 rings (SSSR count). The number of rotatable bonds is 0. The molecule has 2 N–H and O–H groups in total. The summed E-state index contributed by atoms with van der Waals surface area (Å²) < 4.78 is 0. The third-order valence-corrected chi connectivity index (χ3v) is 8.31. The third-order valence-electron chi connectivity index (χ3n) is 8.31. The first-order valence-corrected chi connectivity index (χ1v) is 9.44. The molecule has 1 heterocycles. The van der Waals surface area contributed by atoms with E-state index in [4.69, 9.17) is 0 Å². The number of H-pyrrole nitrogens is 1. The Hall–Kier alpha value is -1.09. The van der Waals surface area contributed by atoms with Crippen LogP contribution in [0.2, 0.25) is 0 Å². The molecule has 23 heavy (non-hydrogen) atoms. The summed E-state index contributed by atoms with van der Waals surface area (Å²) >= 11 is 0. The van der Waals surface area contributed by atoms with E-state index >= 15 is 0 Å². The number of nitrogens with one attached hydrogen (secondary N) is 1. The fraction of sp³-hybridized carbons (Fsp3) is 0.750. The van der Waals surface area contributed by atoms with Crippen molar-refractivity contribution in [3.05, 3.63) is 23.0 Å². The molecule has 0 spiro atoms. The summed E-state index contributed by atoms with van der Waals surface area (Å²) in [6.07, 6.45) is 12.8. The van der Waals surface area contributed by atoms with Gasteiger partial charge in [-0.1, -0.05) is 19.4 Å². The number of aliphatic hydroxyl groups is 1. The lowest BCUT2D eigenvalue weighted by atomic mass is 9.47. The number of nitrogens with zero attached hydrogens (tertiary/aromatic N) is 1. The molecule has 124 valence electrons. The van der Waals surface area contributed by atoms with Crippen LogP contribution >= 0.6 is 0 Å². The molecule has 6 unspecified atom stereocenters. The van der Waals surface area contributed by atoms with E-state index in [1.165, 1.54) is 43.4 Å². The van der Waals surface area contributed by atoms with Gasteiger partial charge >= 0.3 is 0 Å². The van der Waals surface area contributed by atoms with Crippen molar-refractivity contribution >= 4 is 6.08 Å². The zero-order valence-electron chi connectivity index (χ0n) is 14.3. The van der Waals surface area contributed by atoms with E-state index in [0.29, 0.717) is 5.41 Å². The lowest BCUT2D eigenvalue weighted by Crippen LogP contribution is -2.51. The molecule has 0 radical (unpaired) electrons. The molecule has 0 bridgehead atoms. The maximum Gasteiger partial charge on any atom is 0.0609 e. The molecule has 0 aliphatic heterocycles. The first-order chi connectivity index (χ1) is 11.0. The van der Waals surface area contributed by atoms with Gasteiger partial charge in [0.15, 0.2) is 0 Å². The van der Waals surface area contributed by atoms with Crippen molar-refractivity contribution in [3.63, 3.8) is 0 Å². The number of hydrogen-bond acceptors (Lipinski definition) is 2. The van der Waals surface area contributed by atoms with Gasteiger partial charge in [-0.15, -0.1) is 0 Å². The van der Waals surface area contributed by atoms with Crippen molar-refractivity contribution < 1.29 is 5.11 Å². The van der Waals surface area contributed by atoms with Crippen molar-refractivity contribution in [3.8, 4) is 0 Å². The highest BCUT2D eigenvalue weighted by atomic mass is 16.3. The van der Waals surface area contributed by atoms with E-state index in [0.717, 1.165) is 30.6 Å². The molecule has 3 nitrogen and oxygen atoms in total. The summed E-state index contributed by atoms with van der Waals surface area (Å²) in [5.41, 5.74) is 4.80. The Bertz CT molecular complexity index is 677. The third kappa shape index (κ3) is 1.72. The molecule has 3 fully saturated rings. The van der Waals surface area contributed by atoms with Crippen LogP contribution in [-0.4, -0.2) is 21.4 Å². The molecule has 4 aliphatic carbocycles. The van der Waals surface area contributed by atoms with Crippen molar-refractivity contribution in [2.45, 2.75) is 64.9 Å². The molecule has 0 saturated heterocycles. The highest BCUT2D eigenvalue weighted by molar-refractivity contribution is 5.58.